The minimum atomic E-state index is -2.90. The maximum absolute atomic E-state index is 13.0. The lowest BCUT2D eigenvalue weighted by Crippen LogP contribution is -2.69. The van der Waals surface area contributed by atoms with E-state index in [1.165, 1.54) is 17.5 Å². The van der Waals surface area contributed by atoms with Crippen molar-refractivity contribution < 1.29 is 28.2 Å². The van der Waals surface area contributed by atoms with Gasteiger partial charge >= 0.3 is 5.97 Å². The molecule has 0 radical (unpaired) electrons. The van der Waals surface area contributed by atoms with Gasteiger partial charge in [-0.2, -0.15) is 0 Å². The van der Waals surface area contributed by atoms with E-state index in [1.54, 1.807) is 7.11 Å². The molecule has 0 amide bonds. The second kappa shape index (κ2) is 14.1. The summed E-state index contributed by atoms with van der Waals surface area (Å²) in [6, 6.07) is 31.4. The highest BCUT2D eigenvalue weighted by atomic mass is 28.4. The van der Waals surface area contributed by atoms with Crippen LogP contribution in [0.3, 0.4) is 0 Å². The number of hydrogen-bond donors (Lipinski definition) is 0. The highest BCUT2D eigenvalue weighted by Gasteiger charge is 2.57. The van der Waals surface area contributed by atoms with Crippen LogP contribution in [0.15, 0.2) is 91.0 Å². The Bertz CT molecular complexity index is 1280. The van der Waals surface area contributed by atoms with Crippen molar-refractivity contribution in [1.29, 1.82) is 0 Å². The molecule has 1 unspecified atom stereocenters. The second-order valence-corrected chi connectivity index (χ2v) is 17.9. The molecule has 44 heavy (non-hydrogen) atoms. The normalized spacial score (nSPS) is 21.9. The van der Waals surface area contributed by atoms with Crippen molar-refractivity contribution in [3.63, 3.8) is 0 Å². The van der Waals surface area contributed by atoms with Crippen LogP contribution < -0.4 is 10.4 Å². The van der Waals surface area contributed by atoms with Gasteiger partial charge in [-0.15, -0.1) is 0 Å². The van der Waals surface area contributed by atoms with E-state index >= 15 is 0 Å². The van der Waals surface area contributed by atoms with Crippen molar-refractivity contribution in [2.24, 2.45) is 11.3 Å². The Hall–Kier alpha value is -2.81. The lowest BCUT2D eigenvalue weighted by molar-refractivity contribution is -0.321. The fourth-order valence-electron chi connectivity index (χ4n) is 6.53. The Morgan fingerprint density at radius 1 is 0.886 bits per heavy atom. The van der Waals surface area contributed by atoms with E-state index in [9.17, 15) is 4.79 Å². The van der Waals surface area contributed by atoms with Crippen molar-refractivity contribution in [1.82, 2.24) is 0 Å². The minimum Gasteiger partial charge on any atom is -0.469 e. The number of carbonyl (C=O) groups excluding carboxylic acids is 1. The second-order valence-electron chi connectivity index (χ2n) is 13.7. The summed E-state index contributed by atoms with van der Waals surface area (Å²) in [5, 5.41) is 2.20. The lowest BCUT2D eigenvalue weighted by Gasteiger charge is -2.53. The molecule has 7 heteroatoms. The first kappa shape index (κ1) is 34.1. The zero-order chi connectivity index (χ0) is 32.0. The monoisotopic (exact) mass is 618 g/mol. The smallest absolute Gasteiger partial charge is 0.313 e. The topological polar surface area (TPSA) is 63.2 Å². The predicted molar refractivity (Wildman–Crippen MR) is 177 cm³/mol. The molecule has 0 aliphatic carbocycles. The molecule has 1 fully saturated rings. The summed E-state index contributed by atoms with van der Waals surface area (Å²) >= 11 is 0. The standard InChI is InChI=1S/C37H50O6Si/c1-28(34(38)39-7)37(40-8)25-30(24-33(42-37)36(5,6)27-41-26-29-18-12-9-13-19-29)43-44(35(2,3)4,31-20-14-10-15-21-31)32-22-16-11-17-23-32/h9-23,28,30,33H,24-27H2,1-8H3/t28?,30-,33-,37+/m1/s1. The maximum atomic E-state index is 13.0. The van der Waals surface area contributed by atoms with Crippen molar-refractivity contribution in [3.8, 4) is 0 Å². The molecule has 0 aromatic heterocycles. The van der Waals surface area contributed by atoms with E-state index in [2.05, 4.69) is 95.3 Å². The minimum absolute atomic E-state index is 0.207. The molecule has 3 aromatic rings. The summed E-state index contributed by atoms with van der Waals surface area (Å²) in [6.07, 6.45) is 0.440. The number of ether oxygens (including phenoxy) is 4. The number of benzene rings is 3. The van der Waals surface area contributed by atoms with Gasteiger partial charge in [0.05, 0.1) is 32.5 Å². The van der Waals surface area contributed by atoms with E-state index < -0.39 is 25.4 Å². The Morgan fingerprint density at radius 2 is 1.41 bits per heavy atom. The van der Waals surface area contributed by atoms with Crippen molar-refractivity contribution in [2.45, 2.75) is 84.0 Å². The van der Waals surface area contributed by atoms with Crippen LogP contribution in [0.1, 0.15) is 59.9 Å². The highest BCUT2D eigenvalue weighted by Crippen LogP contribution is 2.46. The number of esters is 1. The Labute approximate surface area is 265 Å². The van der Waals surface area contributed by atoms with Crippen LogP contribution in [0.2, 0.25) is 5.04 Å². The summed E-state index contributed by atoms with van der Waals surface area (Å²) < 4.78 is 32.1. The average molecular weight is 619 g/mol. The molecule has 1 heterocycles. The Morgan fingerprint density at radius 3 is 1.89 bits per heavy atom. The largest absolute Gasteiger partial charge is 0.469 e. The summed E-state index contributed by atoms with van der Waals surface area (Å²) in [5.74, 6) is -2.29. The van der Waals surface area contributed by atoms with E-state index in [1.807, 2.05) is 37.3 Å². The van der Waals surface area contributed by atoms with Crippen LogP contribution in [-0.4, -0.2) is 53.1 Å². The van der Waals surface area contributed by atoms with Gasteiger partial charge in [-0.05, 0) is 34.3 Å². The molecule has 0 saturated carbocycles. The molecule has 0 spiro atoms. The third kappa shape index (κ3) is 7.18. The summed E-state index contributed by atoms with van der Waals surface area (Å²) in [4.78, 5) is 13.0. The van der Waals surface area contributed by atoms with Crippen molar-refractivity contribution >= 4 is 24.7 Å². The third-order valence-corrected chi connectivity index (χ3v) is 14.2. The molecular formula is C37H50O6Si. The van der Waals surface area contributed by atoms with Gasteiger partial charge in [0.2, 0.25) is 0 Å². The first-order valence-corrected chi connectivity index (χ1v) is 17.5. The summed E-state index contributed by atoms with van der Waals surface area (Å²) in [6.45, 7) is 13.9. The Balaban J connectivity index is 1.75. The molecule has 1 saturated heterocycles. The molecule has 1 aliphatic heterocycles. The van der Waals surface area contributed by atoms with Crippen LogP contribution in [0.5, 0.6) is 0 Å². The molecule has 6 nitrogen and oxygen atoms in total. The first-order chi connectivity index (χ1) is 20.9. The number of hydrogen-bond acceptors (Lipinski definition) is 6. The predicted octanol–water partition coefficient (Wildman–Crippen LogP) is 6.51. The number of rotatable bonds is 12. The molecule has 238 valence electrons. The van der Waals surface area contributed by atoms with Gasteiger partial charge in [0.25, 0.3) is 8.32 Å². The van der Waals surface area contributed by atoms with E-state index in [0.717, 1.165) is 5.56 Å². The fraction of sp³-hybridized carbons (Fsp3) is 0.486. The summed E-state index contributed by atoms with van der Waals surface area (Å²) in [5.41, 5.74) is 0.702. The molecule has 0 N–H and O–H groups in total. The molecule has 3 aromatic carbocycles. The van der Waals surface area contributed by atoms with Gasteiger partial charge in [-0.1, -0.05) is 126 Å². The lowest BCUT2D eigenvalue weighted by atomic mass is 9.79. The first-order valence-electron chi connectivity index (χ1n) is 15.6. The number of carbonyl (C=O) groups is 1. The van der Waals surface area contributed by atoms with Gasteiger partial charge in [-0.3, -0.25) is 4.79 Å². The van der Waals surface area contributed by atoms with Gasteiger partial charge < -0.3 is 23.4 Å². The molecule has 4 atom stereocenters. The zero-order valence-corrected chi connectivity index (χ0v) is 28.7. The van der Waals surface area contributed by atoms with Gasteiger partial charge in [0.15, 0.2) is 5.79 Å². The van der Waals surface area contributed by atoms with Gasteiger partial charge in [0.1, 0.15) is 5.92 Å². The van der Waals surface area contributed by atoms with E-state index in [0.29, 0.717) is 26.1 Å². The fourth-order valence-corrected chi connectivity index (χ4v) is 11.2. The SMILES string of the molecule is COC(=O)C(C)[C@]1(OC)C[C@H](O[Si](c2ccccc2)(c2ccccc2)C(C)(C)C)C[C@H](C(C)(C)COCc2ccccc2)O1. The van der Waals surface area contributed by atoms with E-state index in [-0.39, 0.29) is 23.2 Å². The summed E-state index contributed by atoms with van der Waals surface area (Å²) in [7, 11) is 0.116. The van der Waals surface area contributed by atoms with Crippen LogP contribution in [0, 0.1) is 11.3 Å². The Kier molecular flexibility index (Phi) is 10.9. The highest BCUT2D eigenvalue weighted by molar-refractivity contribution is 6.99. The molecule has 1 aliphatic rings. The van der Waals surface area contributed by atoms with Crippen LogP contribution in [-0.2, 0) is 34.8 Å². The zero-order valence-electron chi connectivity index (χ0n) is 27.7. The number of methoxy groups -OCH3 is 2. The average Bonchev–Trinajstić information content (AvgIpc) is 3.03. The van der Waals surface area contributed by atoms with Crippen molar-refractivity contribution in [3.05, 3.63) is 96.6 Å². The third-order valence-electron chi connectivity index (χ3n) is 9.11. The quantitative estimate of drug-likeness (QED) is 0.171. The maximum Gasteiger partial charge on any atom is 0.313 e. The molecular weight excluding hydrogens is 568 g/mol. The van der Waals surface area contributed by atoms with Crippen LogP contribution in [0.4, 0.5) is 0 Å². The van der Waals surface area contributed by atoms with E-state index in [4.69, 9.17) is 23.4 Å². The molecule has 0 bridgehead atoms. The van der Waals surface area contributed by atoms with Gasteiger partial charge in [0, 0.05) is 18.9 Å². The molecule has 4 rings (SSSR count). The van der Waals surface area contributed by atoms with Gasteiger partial charge in [-0.25, -0.2) is 0 Å². The van der Waals surface area contributed by atoms with Crippen molar-refractivity contribution in [2.75, 3.05) is 20.8 Å². The van der Waals surface area contributed by atoms with Crippen LogP contribution in [0.25, 0.3) is 0 Å². The van der Waals surface area contributed by atoms with Crippen LogP contribution >= 0.6 is 0 Å².